The molecule has 0 heterocycles. The SMILES string of the molecule is CCC(/C=N/Nc1ccc([N+](=O)[O-])cc1[N+](=O)[O-])(CC)Cc1cccc(OC)c1. The average Bonchev–Trinajstić information content (AvgIpc) is 2.73. The molecule has 29 heavy (non-hydrogen) atoms. The zero-order valence-electron chi connectivity index (χ0n) is 16.6. The Morgan fingerprint density at radius 1 is 1.10 bits per heavy atom. The summed E-state index contributed by atoms with van der Waals surface area (Å²) >= 11 is 0. The zero-order chi connectivity index (χ0) is 21.4. The van der Waals surface area contributed by atoms with Crippen molar-refractivity contribution in [2.45, 2.75) is 33.1 Å². The smallest absolute Gasteiger partial charge is 0.301 e. The van der Waals surface area contributed by atoms with E-state index in [0.717, 1.165) is 36.6 Å². The summed E-state index contributed by atoms with van der Waals surface area (Å²) in [4.78, 5) is 20.8. The van der Waals surface area contributed by atoms with Crippen molar-refractivity contribution in [1.29, 1.82) is 0 Å². The number of hydrogen-bond acceptors (Lipinski definition) is 7. The lowest BCUT2D eigenvalue weighted by Gasteiger charge is -2.27. The highest BCUT2D eigenvalue weighted by Crippen LogP contribution is 2.32. The second-order valence-corrected chi connectivity index (χ2v) is 6.68. The van der Waals surface area contributed by atoms with E-state index in [0.29, 0.717) is 0 Å². The fraction of sp³-hybridized carbons (Fsp3) is 0.350. The minimum absolute atomic E-state index is 0.0966. The van der Waals surface area contributed by atoms with Gasteiger partial charge in [-0.25, -0.2) is 0 Å². The Hall–Kier alpha value is -3.49. The van der Waals surface area contributed by atoms with Crippen LogP contribution in [0.25, 0.3) is 0 Å². The van der Waals surface area contributed by atoms with Gasteiger partial charge in [0.15, 0.2) is 0 Å². The van der Waals surface area contributed by atoms with E-state index in [4.69, 9.17) is 4.74 Å². The first-order valence-corrected chi connectivity index (χ1v) is 9.20. The standard InChI is InChI=1S/C20H24N4O5/c1-4-20(5-2,13-15-7-6-8-17(11-15)29-3)14-21-22-18-10-9-16(23(25)26)12-19(18)24(27)28/h6-12,14,22H,4-5,13H2,1-3H3/b21-14+. The van der Waals surface area contributed by atoms with Crippen LogP contribution in [0.1, 0.15) is 32.3 Å². The van der Waals surface area contributed by atoms with Crippen LogP contribution >= 0.6 is 0 Å². The molecule has 9 nitrogen and oxygen atoms in total. The van der Waals surface area contributed by atoms with Gasteiger partial charge in [0.05, 0.1) is 23.0 Å². The number of nitro groups is 2. The number of non-ortho nitro benzene ring substituents is 1. The van der Waals surface area contributed by atoms with Crippen molar-refractivity contribution in [3.05, 3.63) is 68.3 Å². The Labute approximate surface area is 168 Å². The third-order valence-corrected chi connectivity index (χ3v) is 5.01. The Balaban J connectivity index is 2.24. The number of benzene rings is 2. The summed E-state index contributed by atoms with van der Waals surface area (Å²) in [5.74, 6) is 0.778. The topological polar surface area (TPSA) is 120 Å². The zero-order valence-corrected chi connectivity index (χ0v) is 16.6. The van der Waals surface area contributed by atoms with Gasteiger partial charge in [0.2, 0.25) is 0 Å². The summed E-state index contributed by atoms with van der Waals surface area (Å²) in [6.07, 6.45) is 4.12. The molecular weight excluding hydrogens is 376 g/mol. The van der Waals surface area contributed by atoms with Crippen molar-refractivity contribution in [3.8, 4) is 5.75 Å². The predicted octanol–water partition coefficient (Wildman–Crippen LogP) is 4.96. The van der Waals surface area contributed by atoms with Crippen molar-refractivity contribution in [2.24, 2.45) is 10.5 Å². The maximum atomic E-state index is 11.2. The number of nitrogens with zero attached hydrogens (tertiary/aromatic N) is 3. The van der Waals surface area contributed by atoms with E-state index < -0.39 is 15.5 Å². The van der Waals surface area contributed by atoms with E-state index in [1.165, 1.54) is 12.1 Å². The molecule has 0 unspecified atom stereocenters. The van der Waals surface area contributed by atoms with Gasteiger partial charge in [-0.1, -0.05) is 26.0 Å². The molecule has 0 spiro atoms. The second-order valence-electron chi connectivity index (χ2n) is 6.68. The van der Waals surface area contributed by atoms with E-state index in [2.05, 4.69) is 24.4 Å². The van der Waals surface area contributed by atoms with Crippen LogP contribution in [0.2, 0.25) is 0 Å². The lowest BCUT2D eigenvalue weighted by molar-refractivity contribution is -0.393. The largest absolute Gasteiger partial charge is 0.497 e. The molecule has 0 fully saturated rings. The van der Waals surface area contributed by atoms with Gasteiger partial charge in [0.1, 0.15) is 11.4 Å². The van der Waals surface area contributed by atoms with Gasteiger partial charge in [0.25, 0.3) is 5.69 Å². The highest BCUT2D eigenvalue weighted by Gasteiger charge is 2.25. The number of methoxy groups -OCH3 is 1. The number of hydrazone groups is 1. The fourth-order valence-corrected chi connectivity index (χ4v) is 3.04. The lowest BCUT2D eigenvalue weighted by Crippen LogP contribution is -2.24. The molecule has 0 aliphatic carbocycles. The molecule has 0 atom stereocenters. The first-order valence-electron chi connectivity index (χ1n) is 9.20. The van der Waals surface area contributed by atoms with Crippen molar-refractivity contribution >= 4 is 23.3 Å². The van der Waals surface area contributed by atoms with Crippen LogP contribution in [0.5, 0.6) is 5.75 Å². The van der Waals surface area contributed by atoms with E-state index in [9.17, 15) is 20.2 Å². The molecule has 2 aromatic rings. The predicted molar refractivity (Wildman–Crippen MR) is 112 cm³/mol. The summed E-state index contributed by atoms with van der Waals surface area (Å²) in [6, 6.07) is 11.2. The van der Waals surface area contributed by atoms with Crippen molar-refractivity contribution < 1.29 is 14.6 Å². The van der Waals surface area contributed by atoms with Gasteiger partial charge in [-0.2, -0.15) is 5.10 Å². The van der Waals surface area contributed by atoms with Crippen molar-refractivity contribution in [1.82, 2.24) is 0 Å². The maximum Gasteiger partial charge on any atom is 0.301 e. The minimum Gasteiger partial charge on any atom is -0.497 e. The molecule has 2 rings (SSSR count). The molecular formula is C20H24N4O5. The fourth-order valence-electron chi connectivity index (χ4n) is 3.04. The Kier molecular flexibility index (Phi) is 7.24. The van der Waals surface area contributed by atoms with Crippen LogP contribution in [0.15, 0.2) is 47.6 Å². The molecule has 0 aromatic heterocycles. The van der Waals surface area contributed by atoms with E-state index >= 15 is 0 Å². The van der Waals surface area contributed by atoms with Crippen molar-refractivity contribution in [3.63, 3.8) is 0 Å². The van der Waals surface area contributed by atoms with Gasteiger partial charge in [-0.3, -0.25) is 25.7 Å². The summed E-state index contributed by atoms with van der Waals surface area (Å²) < 4.78 is 5.28. The Morgan fingerprint density at radius 3 is 2.41 bits per heavy atom. The van der Waals surface area contributed by atoms with Crippen LogP contribution in [0.4, 0.5) is 17.1 Å². The lowest BCUT2D eigenvalue weighted by atomic mass is 9.78. The van der Waals surface area contributed by atoms with E-state index in [1.807, 2.05) is 24.3 Å². The number of nitro benzene ring substituents is 2. The molecule has 0 saturated heterocycles. The normalized spacial score (nSPS) is 11.4. The molecule has 0 bridgehead atoms. The highest BCUT2D eigenvalue weighted by atomic mass is 16.6. The molecule has 154 valence electrons. The third-order valence-electron chi connectivity index (χ3n) is 5.01. The highest BCUT2D eigenvalue weighted by molar-refractivity contribution is 5.70. The Bertz CT molecular complexity index is 909. The molecule has 0 amide bonds. The van der Waals surface area contributed by atoms with E-state index in [1.54, 1.807) is 13.3 Å². The van der Waals surface area contributed by atoms with Crippen LogP contribution < -0.4 is 10.2 Å². The number of ether oxygens (including phenoxy) is 1. The van der Waals surface area contributed by atoms with Crippen LogP contribution in [0, 0.1) is 25.6 Å². The molecule has 0 aliphatic rings. The number of hydrogen-bond donors (Lipinski definition) is 1. The van der Waals surface area contributed by atoms with Gasteiger partial charge < -0.3 is 4.74 Å². The van der Waals surface area contributed by atoms with Crippen LogP contribution in [-0.2, 0) is 6.42 Å². The minimum atomic E-state index is -0.673. The molecule has 0 saturated carbocycles. The molecule has 9 heteroatoms. The molecule has 2 aromatic carbocycles. The van der Waals surface area contributed by atoms with Gasteiger partial charge in [0, 0.05) is 17.7 Å². The maximum absolute atomic E-state index is 11.2. The van der Waals surface area contributed by atoms with Crippen LogP contribution in [-0.4, -0.2) is 23.2 Å². The number of nitrogens with one attached hydrogen (secondary N) is 1. The van der Waals surface area contributed by atoms with E-state index in [-0.39, 0.29) is 16.8 Å². The third kappa shape index (κ3) is 5.50. The van der Waals surface area contributed by atoms with Crippen LogP contribution in [0.3, 0.4) is 0 Å². The number of anilines is 1. The van der Waals surface area contributed by atoms with Gasteiger partial charge in [-0.15, -0.1) is 0 Å². The summed E-state index contributed by atoms with van der Waals surface area (Å²) in [6.45, 7) is 4.12. The van der Waals surface area contributed by atoms with Crippen molar-refractivity contribution in [2.75, 3.05) is 12.5 Å². The summed E-state index contributed by atoms with van der Waals surface area (Å²) in [5, 5.41) is 26.3. The van der Waals surface area contributed by atoms with Gasteiger partial charge in [-0.05, 0) is 43.0 Å². The first kappa shape index (κ1) is 21.8. The second kappa shape index (κ2) is 9.63. The molecule has 1 N–H and O–H groups in total. The summed E-state index contributed by atoms with van der Waals surface area (Å²) in [7, 11) is 1.62. The number of rotatable bonds is 10. The first-order chi connectivity index (χ1) is 13.8. The summed E-state index contributed by atoms with van der Waals surface area (Å²) in [5.41, 5.74) is 2.87. The Morgan fingerprint density at radius 2 is 1.83 bits per heavy atom. The monoisotopic (exact) mass is 400 g/mol. The van der Waals surface area contributed by atoms with Gasteiger partial charge >= 0.3 is 5.69 Å². The molecule has 0 aliphatic heterocycles. The quantitative estimate of drug-likeness (QED) is 0.342. The average molecular weight is 400 g/mol. The molecule has 0 radical (unpaired) electrons.